The number of carbonyl (C=O) groups excluding carboxylic acids is 3. The molecule has 2 aliphatic rings. The molecule has 5 heteroatoms. The van der Waals surface area contributed by atoms with Crippen LogP contribution in [0.25, 0.3) is 0 Å². The number of hydrogen-bond donors (Lipinski definition) is 1. The highest BCUT2D eigenvalue weighted by molar-refractivity contribution is 7.10. The second-order valence-corrected chi connectivity index (χ2v) is 10.2. The number of aliphatic hydroxyl groups excluding tert-OH is 1. The van der Waals surface area contributed by atoms with Gasteiger partial charge in [-0.25, -0.2) is 0 Å². The van der Waals surface area contributed by atoms with Crippen molar-refractivity contribution in [1.82, 2.24) is 0 Å². The highest BCUT2D eigenvalue weighted by Gasteiger charge is 2.48. The lowest BCUT2D eigenvalue weighted by molar-refractivity contribution is -0.140. The van der Waals surface area contributed by atoms with E-state index in [0.717, 1.165) is 4.88 Å². The van der Waals surface area contributed by atoms with Crippen LogP contribution >= 0.6 is 11.3 Å². The monoisotopic (exact) mass is 374 g/mol. The highest BCUT2D eigenvalue weighted by Crippen LogP contribution is 2.48. The second-order valence-electron chi connectivity index (χ2n) is 9.22. The maximum atomic E-state index is 12.9. The van der Waals surface area contributed by atoms with Gasteiger partial charge in [-0.15, -0.1) is 11.3 Å². The number of Topliss-reactive ketones (excluding diaryl/α,β-unsaturated/α-hetero) is 3. The average molecular weight is 375 g/mol. The lowest BCUT2D eigenvalue weighted by atomic mass is 9.64. The summed E-state index contributed by atoms with van der Waals surface area (Å²) in [5.74, 6) is -1.89. The SMILES string of the molecule is CC1(C)CC(=O)C([C@H](C2=C(O)CC(C)(C)CC2=O)c2cccs2)C(=O)C1. The zero-order chi connectivity index (χ0) is 19.3. The molecule has 1 saturated carbocycles. The molecule has 0 amide bonds. The molecular formula is C21H26O4S. The number of carbonyl (C=O) groups is 3. The fraction of sp³-hybridized carbons (Fsp3) is 0.571. The average Bonchev–Trinajstić information content (AvgIpc) is 2.95. The fourth-order valence-corrected chi connectivity index (χ4v) is 5.25. The first-order valence-corrected chi connectivity index (χ1v) is 9.93. The number of ketones is 3. The molecule has 1 fully saturated rings. The van der Waals surface area contributed by atoms with Gasteiger partial charge in [-0.05, 0) is 22.3 Å². The van der Waals surface area contributed by atoms with Crippen molar-refractivity contribution in [3.63, 3.8) is 0 Å². The van der Waals surface area contributed by atoms with Crippen molar-refractivity contribution < 1.29 is 19.5 Å². The minimum atomic E-state index is -0.871. The normalized spacial score (nSPS) is 24.8. The van der Waals surface area contributed by atoms with E-state index in [2.05, 4.69) is 0 Å². The van der Waals surface area contributed by atoms with Gasteiger partial charge in [0, 0.05) is 42.1 Å². The van der Waals surface area contributed by atoms with Gasteiger partial charge in [0.2, 0.25) is 0 Å². The first-order chi connectivity index (χ1) is 12.0. The molecule has 26 heavy (non-hydrogen) atoms. The number of aliphatic hydroxyl groups is 1. The van der Waals surface area contributed by atoms with E-state index in [9.17, 15) is 19.5 Å². The fourth-order valence-electron chi connectivity index (χ4n) is 4.37. The van der Waals surface area contributed by atoms with Crippen LogP contribution in [0.2, 0.25) is 0 Å². The van der Waals surface area contributed by atoms with Gasteiger partial charge >= 0.3 is 0 Å². The van der Waals surface area contributed by atoms with E-state index in [-0.39, 0.29) is 39.5 Å². The molecule has 1 heterocycles. The van der Waals surface area contributed by atoms with Crippen molar-refractivity contribution in [3.8, 4) is 0 Å². The van der Waals surface area contributed by atoms with Crippen LogP contribution in [-0.4, -0.2) is 22.5 Å². The molecule has 1 atom stereocenters. The Morgan fingerprint density at radius 1 is 1.00 bits per heavy atom. The minimum Gasteiger partial charge on any atom is -0.512 e. The van der Waals surface area contributed by atoms with Crippen molar-refractivity contribution in [2.75, 3.05) is 0 Å². The lowest BCUT2D eigenvalue weighted by Crippen LogP contribution is -2.42. The van der Waals surface area contributed by atoms with Crippen LogP contribution in [0, 0.1) is 16.7 Å². The smallest absolute Gasteiger partial charge is 0.163 e. The Balaban J connectivity index is 2.10. The van der Waals surface area contributed by atoms with Crippen molar-refractivity contribution in [2.24, 2.45) is 16.7 Å². The van der Waals surface area contributed by atoms with Gasteiger partial charge in [-0.3, -0.25) is 14.4 Å². The molecule has 0 unspecified atom stereocenters. The third kappa shape index (κ3) is 3.54. The summed E-state index contributed by atoms with van der Waals surface area (Å²) in [4.78, 5) is 39.5. The van der Waals surface area contributed by atoms with E-state index >= 15 is 0 Å². The molecule has 1 aromatic rings. The van der Waals surface area contributed by atoms with Gasteiger partial charge in [0.1, 0.15) is 17.3 Å². The summed E-state index contributed by atoms with van der Waals surface area (Å²) in [6.07, 6.45) is 1.34. The topological polar surface area (TPSA) is 71.4 Å². The largest absolute Gasteiger partial charge is 0.512 e. The summed E-state index contributed by atoms with van der Waals surface area (Å²) < 4.78 is 0. The third-order valence-electron chi connectivity index (χ3n) is 5.39. The Morgan fingerprint density at radius 2 is 1.58 bits per heavy atom. The van der Waals surface area contributed by atoms with E-state index in [4.69, 9.17) is 0 Å². The third-order valence-corrected chi connectivity index (χ3v) is 6.35. The van der Waals surface area contributed by atoms with Gasteiger partial charge in [-0.1, -0.05) is 33.8 Å². The number of allylic oxidation sites excluding steroid dienone is 2. The van der Waals surface area contributed by atoms with Gasteiger partial charge < -0.3 is 5.11 Å². The van der Waals surface area contributed by atoms with Gasteiger partial charge in [0.05, 0.1) is 5.92 Å². The molecule has 3 rings (SSSR count). The molecule has 4 nitrogen and oxygen atoms in total. The molecule has 0 saturated heterocycles. The van der Waals surface area contributed by atoms with E-state index in [1.54, 1.807) is 0 Å². The Kier molecular flexibility index (Phi) is 4.72. The Morgan fingerprint density at radius 3 is 2.08 bits per heavy atom. The Bertz CT molecular complexity index is 763. The summed E-state index contributed by atoms with van der Waals surface area (Å²) >= 11 is 1.42. The van der Waals surface area contributed by atoms with Gasteiger partial charge in [0.15, 0.2) is 5.78 Å². The summed E-state index contributed by atoms with van der Waals surface area (Å²) in [6, 6.07) is 3.70. The maximum absolute atomic E-state index is 12.9. The van der Waals surface area contributed by atoms with Gasteiger partial charge in [-0.2, -0.15) is 0 Å². The highest BCUT2D eigenvalue weighted by atomic mass is 32.1. The van der Waals surface area contributed by atoms with E-state index in [1.807, 2.05) is 45.2 Å². The standard InChI is InChI=1S/C21H26O4S/c1-20(2)8-12(22)17(13(23)9-20)19(16-6-5-7-26-16)18-14(24)10-21(3,4)11-15(18)25/h5-7,17,19,24H,8-11H2,1-4H3/t19-/m1/s1. The summed E-state index contributed by atoms with van der Waals surface area (Å²) in [7, 11) is 0. The molecule has 0 spiro atoms. The Labute approximate surface area is 158 Å². The molecule has 140 valence electrons. The summed E-state index contributed by atoms with van der Waals surface area (Å²) in [5.41, 5.74) is -0.384. The van der Waals surface area contributed by atoms with Crippen LogP contribution in [0.1, 0.15) is 64.2 Å². The molecule has 0 aliphatic heterocycles. The number of thiophene rings is 1. The van der Waals surface area contributed by atoms with Gasteiger partial charge in [0.25, 0.3) is 0 Å². The van der Waals surface area contributed by atoms with Crippen LogP contribution in [0.4, 0.5) is 0 Å². The Hall–Kier alpha value is -1.75. The zero-order valence-electron chi connectivity index (χ0n) is 15.8. The summed E-state index contributed by atoms with van der Waals surface area (Å²) in [6.45, 7) is 7.73. The van der Waals surface area contributed by atoms with Crippen LogP contribution < -0.4 is 0 Å². The predicted molar refractivity (Wildman–Crippen MR) is 101 cm³/mol. The molecule has 1 N–H and O–H groups in total. The predicted octanol–water partition coefficient (Wildman–Crippen LogP) is 4.61. The van der Waals surface area contributed by atoms with Crippen molar-refractivity contribution in [1.29, 1.82) is 0 Å². The van der Waals surface area contributed by atoms with Crippen LogP contribution in [0.15, 0.2) is 28.8 Å². The molecule has 1 aromatic heterocycles. The van der Waals surface area contributed by atoms with Crippen LogP contribution in [0.3, 0.4) is 0 Å². The van der Waals surface area contributed by atoms with Crippen molar-refractivity contribution in [2.45, 2.75) is 59.3 Å². The zero-order valence-corrected chi connectivity index (χ0v) is 16.6. The summed E-state index contributed by atoms with van der Waals surface area (Å²) in [5, 5.41) is 12.6. The number of rotatable bonds is 3. The van der Waals surface area contributed by atoms with Crippen molar-refractivity contribution in [3.05, 3.63) is 33.7 Å². The second kappa shape index (κ2) is 6.45. The van der Waals surface area contributed by atoms with Crippen LogP contribution in [0.5, 0.6) is 0 Å². The first kappa shape index (κ1) is 19.0. The van der Waals surface area contributed by atoms with Crippen LogP contribution in [-0.2, 0) is 14.4 Å². The maximum Gasteiger partial charge on any atom is 0.163 e. The van der Waals surface area contributed by atoms with Crippen molar-refractivity contribution >= 4 is 28.7 Å². The van der Waals surface area contributed by atoms with E-state index < -0.39 is 11.8 Å². The van der Waals surface area contributed by atoms with E-state index in [1.165, 1.54) is 11.3 Å². The molecular weight excluding hydrogens is 348 g/mol. The molecule has 0 bridgehead atoms. The number of hydrogen-bond acceptors (Lipinski definition) is 5. The molecule has 2 aliphatic carbocycles. The van der Waals surface area contributed by atoms with E-state index in [0.29, 0.717) is 25.7 Å². The quantitative estimate of drug-likeness (QED) is 0.785. The molecule has 0 radical (unpaired) electrons. The first-order valence-electron chi connectivity index (χ1n) is 9.05. The minimum absolute atomic E-state index is 0.0371. The lowest BCUT2D eigenvalue weighted by Gasteiger charge is -2.38. The molecule has 0 aromatic carbocycles.